The number of hydrogen-bond donors (Lipinski definition) is 0. The first kappa shape index (κ1) is 16.6. The molecule has 0 amide bonds. The minimum Gasteiger partial charge on any atom is -0.351 e. The smallest absolute Gasteiger partial charge is 0.175 e. The van der Waals surface area contributed by atoms with Crippen molar-refractivity contribution in [2.75, 3.05) is 13.2 Å². The van der Waals surface area contributed by atoms with Crippen molar-refractivity contribution in [2.24, 2.45) is 0 Å². The van der Waals surface area contributed by atoms with Gasteiger partial charge in [-0.1, -0.05) is 24.3 Å². The molecule has 1 aromatic rings. The first-order chi connectivity index (χ1) is 10.2. The van der Waals surface area contributed by atoms with E-state index in [-0.39, 0.29) is 10.8 Å². The molecule has 114 valence electrons. The van der Waals surface area contributed by atoms with Crippen LogP contribution in [0, 0.1) is 11.3 Å². The van der Waals surface area contributed by atoms with Crippen molar-refractivity contribution >= 4 is 23.2 Å². The summed E-state index contributed by atoms with van der Waals surface area (Å²) in [7, 11) is 0. The van der Waals surface area contributed by atoms with Gasteiger partial charge in [0.1, 0.15) is 5.38 Å². The molecule has 3 unspecified atom stereocenters. The highest BCUT2D eigenvalue weighted by atomic mass is 35.5. The van der Waals surface area contributed by atoms with Crippen molar-refractivity contribution in [2.45, 2.75) is 42.7 Å². The molecule has 1 aliphatic heterocycles. The summed E-state index contributed by atoms with van der Waals surface area (Å²) < 4.78 is 11.2. The monoisotopic (exact) mass is 327 g/mol. The molecular formula is C16H19Cl2NO2. The van der Waals surface area contributed by atoms with Gasteiger partial charge in [-0.15, -0.1) is 23.2 Å². The summed E-state index contributed by atoms with van der Waals surface area (Å²) in [6, 6.07) is 10.2. The second kappa shape index (κ2) is 8.60. The van der Waals surface area contributed by atoms with Gasteiger partial charge in [-0.2, -0.15) is 5.26 Å². The lowest BCUT2D eigenvalue weighted by Gasteiger charge is -2.30. The van der Waals surface area contributed by atoms with Gasteiger partial charge in [-0.05, 0) is 30.4 Å². The van der Waals surface area contributed by atoms with E-state index in [1.807, 2.05) is 18.2 Å². The summed E-state index contributed by atoms with van der Waals surface area (Å²) >= 11 is 12.3. The van der Waals surface area contributed by atoms with Crippen molar-refractivity contribution in [1.82, 2.24) is 0 Å². The molecule has 1 aromatic carbocycles. The van der Waals surface area contributed by atoms with Crippen molar-refractivity contribution in [1.29, 1.82) is 5.26 Å². The third-order valence-corrected chi connectivity index (χ3v) is 4.67. The molecule has 1 saturated heterocycles. The Morgan fingerprint density at radius 2 is 2.05 bits per heavy atom. The molecule has 0 aliphatic carbocycles. The zero-order chi connectivity index (χ0) is 15.1. The zero-order valence-corrected chi connectivity index (χ0v) is 13.3. The minimum atomic E-state index is -0.419. The topological polar surface area (TPSA) is 42.2 Å². The Hall–Kier alpha value is -0.790. The zero-order valence-electron chi connectivity index (χ0n) is 11.8. The number of rotatable bonds is 6. The quantitative estimate of drug-likeness (QED) is 0.591. The maximum absolute atomic E-state index is 8.82. The van der Waals surface area contributed by atoms with Gasteiger partial charge >= 0.3 is 0 Å². The van der Waals surface area contributed by atoms with E-state index >= 15 is 0 Å². The SMILES string of the molecule is N#CCc1ccccc1CCCOC1OCCC(Cl)C1Cl. The van der Waals surface area contributed by atoms with E-state index in [0.29, 0.717) is 19.6 Å². The maximum Gasteiger partial charge on any atom is 0.175 e. The fourth-order valence-corrected chi connectivity index (χ4v) is 2.86. The van der Waals surface area contributed by atoms with Gasteiger partial charge < -0.3 is 9.47 Å². The molecule has 1 heterocycles. The average Bonchev–Trinajstić information content (AvgIpc) is 2.49. The number of nitrogens with zero attached hydrogens (tertiary/aromatic N) is 1. The lowest BCUT2D eigenvalue weighted by molar-refractivity contribution is -0.158. The van der Waals surface area contributed by atoms with E-state index < -0.39 is 6.29 Å². The van der Waals surface area contributed by atoms with Crippen LogP contribution in [-0.2, 0) is 22.3 Å². The summed E-state index contributed by atoms with van der Waals surface area (Å²) in [4.78, 5) is 0. The summed E-state index contributed by atoms with van der Waals surface area (Å²) in [5.41, 5.74) is 2.29. The van der Waals surface area contributed by atoms with Gasteiger partial charge in [-0.3, -0.25) is 0 Å². The van der Waals surface area contributed by atoms with Crippen LogP contribution in [0.2, 0.25) is 0 Å². The number of alkyl halides is 2. The number of nitriles is 1. The second-order valence-corrected chi connectivity index (χ2v) is 6.13. The number of aryl methyl sites for hydroxylation is 1. The van der Waals surface area contributed by atoms with Crippen LogP contribution in [-0.4, -0.2) is 30.3 Å². The van der Waals surface area contributed by atoms with Crippen LogP contribution in [0.25, 0.3) is 0 Å². The van der Waals surface area contributed by atoms with Crippen LogP contribution in [0.15, 0.2) is 24.3 Å². The number of benzene rings is 1. The van der Waals surface area contributed by atoms with E-state index in [4.69, 9.17) is 37.9 Å². The lowest BCUT2D eigenvalue weighted by atomic mass is 10.0. The normalized spacial score (nSPS) is 25.5. The molecule has 0 aromatic heterocycles. The summed E-state index contributed by atoms with van der Waals surface area (Å²) in [5, 5.41) is 8.43. The van der Waals surface area contributed by atoms with Crippen molar-refractivity contribution < 1.29 is 9.47 Å². The number of hydrogen-bond acceptors (Lipinski definition) is 3. The van der Waals surface area contributed by atoms with E-state index in [2.05, 4.69) is 12.1 Å². The van der Waals surface area contributed by atoms with Gasteiger partial charge in [0, 0.05) is 0 Å². The van der Waals surface area contributed by atoms with Gasteiger partial charge in [-0.25, -0.2) is 0 Å². The van der Waals surface area contributed by atoms with Gasteiger partial charge in [0.15, 0.2) is 6.29 Å². The minimum absolute atomic E-state index is 0.0956. The summed E-state index contributed by atoms with van der Waals surface area (Å²) in [6.07, 6.45) is 2.52. The number of ether oxygens (including phenoxy) is 2. The maximum atomic E-state index is 8.82. The highest BCUT2D eigenvalue weighted by Crippen LogP contribution is 2.25. The molecule has 3 nitrogen and oxygen atoms in total. The highest BCUT2D eigenvalue weighted by Gasteiger charge is 2.32. The van der Waals surface area contributed by atoms with Crippen LogP contribution in [0.1, 0.15) is 24.0 Å². The molecular weight excluding hydrogens is 309 g/mol. The van der Waals surface area contributed by atoms with E-state index in [9.17, 15) is 0 Å². The lowest BCUT2D eigenvalue weighted by Crippen LogP contribution is -2.40. The van der Waals surface area contributed by atoms with Crippen LogP contribution in [0.4, 0.5) is 0 Å². The standard InChI is InChI=1S/C16H19Cl2NO2/c17-14-8-11-21-16(15(14)18)20-10-3-6-12-4-1-2-5-13(12)7-9-19/h1-2,4-5,14-16H,3,6-8,10-11H2. The summed E-state index contributed by atoms with van der Waals surface area (Å²) in [6.45, 7) is 1.16. The fraction of sp³-hybridized carbons (Fsp3) is 0.562. The highest BCUT2D eigenvalue weighted by molar-refractivity contribution is 6.30. The average molecular weight is 328 g/mol. The first-order valence-electron chi connectivity index (χ1n) is 7.17. The Morgan fingerprint density at radius 3 is 2.81 bits per heavy atom. The fourth-order valence-electron chi connectivity index (χ4n) is 2.38. The molecule has 5 heteroatoms. The third-order valence-electron chi connectivity index (χ3n) is 3.54. The molecule has 1 fully saturated rings. The Bertz CT molecular complexity index is 489. The molecule has 0 radical (unpaired) electrons. The predicted octanol–water partition coefficient (Wildman–Crippen LogP) is 3.66. The summed E-state index contributed by atoms with van der Waals surface area (Å²) in [5.74, 6) is 0. The van der Waals surface area contributed by atoms with Crippen molar-refractivity contribution in [3.63, 3.8) is 0 Å². The number of halogens is 2. The first-order valence-corrected chi connectivity index (χ1v) is 8.04. The largest absolute Gasteiger partial charge is 0.351 e. The molecule has 1 aliphatic rings. The van der Waals surface area contributed by atoms with Gasteiger partial charge in [0.25, 0.3) is 0 Å². The molecule has 2 rings (SSSR count). The Morgan fingerprint density at radius 1 is 1.29 bits per heavy atom. The molecule has 0 spiro atoms. The molecule has 3 atom stereocenters. The van der Waals surface area contributed by atoms with E-state index in [0.717, 1.165) is 24.8 Å². The van der Waals surface area contributed by atoms with Crippen LogP contribution in [0.3, 0.4) is 0 Å². The van der Waals surface area contributed by atoms with E-state index in [1.54, 1.807) is 0 Å². The van der Waals surface area contributed by atoms with Crippen LogP contribution >= 0.6 is 23.2 Å². The molecule has 21 heavy (non-hydrogen) atoms. The van der Waals surface area contributed by atoms with Gasteiger partial charge in [0.05, 0.1) is 31.1 Å². The molecule has 0 saturated carbocycles. The Labute approximate surface area is 135 Å². The van der Waals surface area contributed by atoms with Gasteiger partial charge in [0.2, 0.25) is 0 Å². The van der Waals surface area contributed by atoms with Crippen LogP contribution in [0.5, 0.6) is 0 Å². The Kier molecular flexibility index (Phi) is 6.79. The molecule has 0 N–H and O–H groups in total. The van der Waals surface area contributed by atoms with Crippen LogP contribution < -0.4 is 0 Å². The third kappa shape index (κ3) is 4.86. The predicted molar refractivity (Wildman–Crippen MR) is 83.7 cm³/mol. The molecule has 0 bridgehead atoms. The Balaban J connectivity index is 1.76. The second-order valence-electron chi connectivity index (χ2n) is 5.07. The van der Waals surface area contributed by atoms with Crippen molar-refractivity contribution in [3.05, 3.63) is 35.4 Å². The van der Waals surface area contributed by atoms with Crippen molar-refractivity contribution in [3.8, 4) is 6.07 Å². The van der Waals surface area contributed by atoms with E-state index in [1.165, 1.54) is 5.56 Å².